The minimum Gasteiger partial charge on any atom is -0.464 e. The summed E-state index contributed by atoms with van der Waals surface area (Å²) in [6, 6.07) is 13.4. The number of rotatable bonds is 6. The molecule has 4 aromatic rings. The summed E-state index contributed by atoms with van der Waals surface area (Å²) in [5, 5.41) is 7.50. The van der Waals surface area contributed by atoms with Gasteiger partial charge in [0.1, 0.15) is 26.0 Å². The number of thiazole rings is 2. The van der Waals surface area contributed by atoms with Gasteiger partial charge in [-0.1, -0.05) is 30.3 Å². The van der Waals surface area contributed by atoms with Gasteiger partial charge in [0.05, 0.1) is 7.11 Å². The minimum atomic E-state index is -0.487. The third-order valence-electron chi connectivity index (χ3n) is 4.23. The lowest BCUT2D eigenvalue weighted by molar-refractivity contribution is 0.0595. The van der Waals surface area contributed by atoms with E-state index in [1.807, 2.05) is 36.4 Å². The lowest BCUT2D eigenvalue weighted by Gasteiger charge is -2.04. The molecule has 0 saturated carbocycles. The highest BCUT2D eigenvalue weighted by molar-refractivity contribution is 9.10. The molecule has 0 unspecified atom stereocenters. The van der Waals surface area contributed by atoms with Gasteiger partial charge in [-0.3, -0.25) is 4.79 Å². The number of ether oxygens (including phenoxy) is 1. The van der Waals surface area contributed by atoms with Gasteiger partial charge in [-0.05, 0) is 33.6 Å². The molecule has 0 spiro atoms. The van der Waals surface area contributed by atoms with Crippen molar-refractivity contribution in [1.29, 1.82) is 0 Å². The number of benzene rings is 1. The Morgan fingerprint density at radius 3 is 2.42 bits per heavy atom. The highest BCUT2D eigenvalue weighted by Gasteiger charge is 2.17. The van der Waals surface area contributed by atoms with Gasteiger partial charge in [0, 0.05) is 22.9 Å². The molecule has 0 fully saturated rings. The summed E-state index contributed by atoms with van der Waals surface area (Å²) >= 11 is 6.15. The van der Waals surface area contributed by atoms with Gasteiger partial charge in [-0.15, -0.1) is 22.7 Å². The lowest BCUT2D eigenvalue weighted by atomic mass is 10.2. The van der Waals surface area contributed by atoms with Gasteiger partial charge in [-0.25, -0.2) is 19.7 Å². The third-order valence-corrected chi connectivity index (χ3v) is 6.57. The van der Waals surface area contributed by atoms with Crippen molar-refractivity contribution in [3.05, 3.63) is 74.8 Å². The molecule has 0 aliphatic heterocycles. The van der Waals surface area contributed by atoms with E-state index >= 15 is 0 Å². The molecule has 10 heteroatoms. The first kappa shape index (κ1) is 21.3. The Morgan fingerprint density at radius 2 is 1.68 bits per heavy atom. The number of pyridine rings is 1. The van der Waals surface area contributed by atoms with Crippen molar-refractivity contribution in [3.8, 4) is 21.3 Å². The summed E-state index contributed by atoms with van der Waals surface area (Å²) in [6.07, 6.45) is 0. The molecule has 1 amide bonds. The number of amides is 1. The van der Waals surface area contributed by atoms with E-state index in [0.717, 1.165) is 11.1 Å². The van der Waals surface area contributed by atoms with E-state index in [2.05, 4.69) is 40.9 Å². The van der Waals surface area contributed by atoms with Crippen LogP contribution in [0.2, 0.25) is 0 Å². The minimum absolute atomic E-state index is 0.231. The molecular weight excluding hydrogens is 500 g/mol. The number of esters is 1. The first-order valence-electron chi connectivity index (χ1n) is 9.04. The Morgan fingerprint density at radius 1 is 0.968 bits per heavy atom. The monoisotopic (exact) mass is 514 g/mol. The molecule has 0 atom stereocenters. The van der Waals surface area contributed by atoms with Gasteiger partial charge < -0.3 is 10.1 Å². The Kier molecular flexibility index (Phi) is 6.50. The molecule has 1 aromatic carbocycles. The lowest BCUT2D eigenvalue weighted by Crippen LogP contribution is -2.23. The van der Waals surface area contributed by atoms with Crippen LogP contribution in [0.25, 0.3) is 21.3 Å². The second kappa shape index (κ2) is 9.46. The fraction of sp³-hybridized carbons (Fsp3) is 0.0952. The van der Waals surface area contributed by atoms with Crippen molar-refractivity contribution in [2.75, 3.05) is 7.11 Å². The van der Waals surface area contributed by atoms with E-state index in [4.69, 9.17) is 0 Å². The number of halogens is 1. The molecular formula is C21H15BrN4O3S2. The molecule has 1 N–H and O–H groups in total. The first-order valence-corrected chi connectivity index (χ1v) is 11.6. The predicted molar refractivity (Wildman–Crippen MR) is 123 cm³/mol. The molecule has 7 nitrogen and oxygen atoms in total. The van der Waals surface area contributed by atoms with Crippen LogP contribution in [0.1, 0.15) is 26.5 Å². The molecule has 31 heavy (non-hydrogen) atoms. The van der Waals surface area contributed by atoms with Crippen molar-refractivity contribution >= 4 is 50.5 Å². The van der Waals surface area contributed by atoms with Crippen LogP contribution in [0, 0.1) is 0 Å². The van der Waals surface area contributed by atoms with Crippen LogP contribution >= 0.6 is 38.6 Å². The summed E-state index contributed by atoms with van der Waals surface area (Å²) in [6.45, 7) is 0.438. The van der Waals surface area contributed by atoms with Crippen LogP contribution < -0.4 is 5.32 Å². The maximum Gasteiger partial charge on any atom is 0.357 e. The summed E-state index contributed by atoms with van der Waals surface area (Å²) in [7, 11) is 1.31. The van der Waals surface area contributed by atoms with Crippen molar-refractivity contribution in [2.45, 2.75) is 6.54 Å². The van der Waals surface area contributed by atoms with Crippen LogP contribution in [-0.2, 0) is 11.3 Å². The fourth-order valence-corrected chi connectivity index (χ4v) is 4.90. The van der Waals surface area contributed by atoms with Crippen LogP contribution in [0.3, 0.4) is 0 Å². The number of aromatic nitrogens is 3. The molecule has 0 bridgehead atoms. The number of carbonyl (C=O) groups excluding carboxylic acids is 2. The molecule has 0 radical (unpaired) electrons. The van der Waals surface area contributed by atoms with E-state index in [9.17, 15) is 9.59 Å². The molecule has 156 valence electrons. The van der Waals surface area contributed by atoms with E-state index < -0.39 is 5.97 Å². The molecule has 0 aliphatic rings. The molecule has 3 aromatic heterocycles. The predicted octanol–water partition coefficient (Wildman–Crippen LogP) is 4.81. The Labute approximate surface area is 194 Å². The van der Waals surface area contributed by atoms with Crippen molar-refractivity contribution in [3.63, 3.8) is 0 Å². The van der Waals surface area contributed by atoms with Crippen LogP contribution in [-0.4, -0.2) is 33.9 Å². The number of methoxy groups -OCH3 is 1. The standard InChI is InChI=1S/C21H15BrN4O3S2/c1-29-21(28)16-11-31-20(26-16)14-8-7-13(17(22)24-14)19-25-15(10-30-19)18(27)23-9-12-5-3-2-4-6-12/h2-8,10-11H,9H2,1H3,(H,23,27). The smallest absolute Gasteiger partial charge is 0.357 e. The summed E-state index contributed by atoms with van der Waals surface area (Å²) in [5.74, 6) is -0.718. The third kappa shape index (κ3) is 4.87. The second-order valence-electron chi connectivity index (χ2n) is 6.27. The molecule has 4 rings (SSSR count). The highest BCUT2D eigenvalue weighted by atomic mass is 79.9. The number of hydrogen-bond donors (Lipinski definition) is 1. The summed E-state index contributed by atoms with van der Waals surface area (Å²) < 4.78 is 5.26. The van der Waals surface area contributed by atoms with E-state index in [0.29, 0.717) is 32.6 Å². The van der Waals surface area contributed by atoms with Crippen LogP contribution in [0.15, 0.2) is 57.8 Å². The van der Waals surface area contributed by atoms with Crippen molar-refractivity contribution in [2.24, 2.45) is 0 Å². The number of nitrogens with one attached hydrogen (secondary N) is 1. The Bertz CT molecular complexity index is 1240. The number of hydrogen-bond acceptors (Lipinski definition) is 8. The molecule has 0 saturated heterocycles. The highest BCUT2D eigenvalue weighted by Crippen LogP contribution is 2.32. The van der Waals surface area contributed by atoms with E-state index in [1.165, 1.54) is 29.8 Å². The van der Waals surface area contributed by atoms with Gasteiger partial charge in [0.15, 0.2) is 5.69 Å². The fourth-order valence-electron chi connectivity index (χ4n) is 2.67. The topological polar surface area (TPSA) is 94.1 Å². The summed E-state index contributed by atoms with van der Waals surface area (Å²) in [5.41, 5.74) is 3.00. The number of carbonyl (C=O) groups is 2. The van der Waals surface area contributed by atoms with Gasteiger partial charge in [0.2, 0.25) is 0 Å². The zero-order chi connectivity index (χ0) is 21.8. The molecule has 0 aliphatic carbocycles. The van der Waals surface area contributed by atoms with Crippen molar-refractivity contribution in [1.82, 2.24) is 20.3 Å². The van der Waals surface area contributed by atoms with E-state index in [-0.39, 0.29) is 11.6 Å². The SMILES string of the molecule is COC(=O)c1csc(-c2ccc(-c3nc(C(=O)NCc4ccccc4)cs3)c(Br)n2)n1. The average Bonchev–Trinajstić information content (AvgIpc) is 3.48. The van der Waals surface area contributed by atoms with Gasteiger partial charge in [0.25, 0.3) is 5.91 Å². The normalized spacial score (nSPS) is 10.6. The van der Waals surface area contributed by atoms with E-state index in [1.54, 1.807) is 16.8 Å². The average molecular weight is 515 g/mol. The van der Waals surface area contributed by atoms with Gasteiger partial charge in [-0.2, -0.15) is 0 Å². The van der Waals surface area contributed by atoms with Crippen LogP contribution in [0.4, 0.5) is 0 Å². The van der Waals surface area contributed by atoms with Gasteiger partial charge >= 0.3 is 5.97 Å². The quantitative estimate of drug-likeness (QED) is 0.293. The maximum absolute atomic E-state index is 12.4. The largest absolute Gasteiger partial charge is 0.464 e. The van der Waals surface area contributed by atoms with Crippen LogP contribution in [0.5, 0.6) is 0 Å². The van der Waals surface area contributed by atoms with Crippen molar-refractivity contribution < 1.29 is 14.3 Å². The second-order valence-corrected chi connectivity index (χ2v) is 8.74. The zero-order valence-corrected chi connectivity index (χ0v) is 19.4. The molecule has 3 heterocycles. The Balaban J connectivity index is 1.49. The maximum atomic E-state index is 12.4. The number of nitrogens with zero attached hydrogens (tertiary/aromatic N) is 3. The first-order chi connectivity index (χ1) is 15.0. The zero-order valence-electron chi connectivity index (χ0n) is 16.2. The Hall–Kier alpha value is -2.95. The summed E-state index contributed by atoms with van der Waals surface area (Å²) in [4.78, 5) is 37.3.